The molecule has 2 aromatic rings. The number of benzene rings is 2. The van der Waals surface area contributed by atoms with Crippen molar-refractivity contribution in [2.45, 2.75) is 12.8 Å². The van der Waals surface area contributed by atoms with Crippen LogP contribution in [0.2, 0.25) is 5.02 Å². The standard InChI is InChI=1S/C19H15ClF3NO3/c20-16-8-6-13(10-15(16)19(21,22)23)7-9-17(25)24-11-18(26)27-12-14-4-2-1-3-5-14/h1-10H,11-12H2,(H,24,25)/b9-7+. The van der Waals surface area contributed by atoms with Crippen LogP contribution in [0, 0.1) is 0 Å². The molecule has 0 fully saturated rings. The Balaban J connectivity index is 1.84. The number of carbonyl (C=O) groups is 2. The maximum Gasteiger partial charge on any atom is 0.417 e. The maximum atomic E-state index is 12.8. The molecule has 0 saturated heterocycles. The third-order valence-electron chi connectivity index (χ3n) is 3.37. The molecule has 2 rings (SSSR count). The molecular formula is C19H15ClF3NO3. The highest BCUT2D eigenvalue weighted by Gasteiger charge is 2.33. The predicted octanol–water partition coefficient (Wildman–Crippen LogP) is 4.23. The number of nitrogens with one attached hydrogen (secondary N) is 1. The van der Waals surface area contributed by atoms with E-state index in [1.54, 1.807) is 24.3 Å². The number of hydrogen-bond donors (Lipinski definition) is 1. The van der Waals surface area contributed by atoms with E-state index in [1.165, 1.54) is 12.1 Å². The molecular weight excluding hydrogens is 383 g/mol. The fourth-order valence-corrected chi connectivity index (χ4v) is 2.27. The van der Waals surface area contributed by atoms with Crippen LogP contribution in [0.5, 0.6) is 0 Å². The predicted molar refractivity (Wildman–Crippen MR) is 94.7 cm³/mol. The van der Waals surface area contributed by atoms with Crippen LogP contribution in [-0.2, 0) is 27.1 Å². The highest BCUT2D eigenvalue weighted by Crippen LogP contribution is 2.35. The molecule has 0 unspecified atom stereocenters. The average Bonchev–Trinajstić information content (AvgIpc) is 2.64. The van der Waals surface area contributed by atoms with Crippen molar-refractivity contribution in [2.24, 2.45) is 0 Å². The van der Waals surface area contributed by atoms with Gasteiger partial charge in [-0.1, -0.05) is 48.0 Å². The zero-order chi connectivity index (χ0) is 19.9. The lowest BCUT2D eigenvalue weighted by molar-refractivity contribution is -0.144. The number of halogens is 4. The van der Waals surface area contributed by atoms with E-state index in [2.05, 4.69) is 5.32 Å². The van der Waals surface area contributed by atoms with Gasteiger partial charge < -0.3 is 10.1 Å². The van der Waals surface area contributed by atoms with Crippen molar-refractivity contribution < 1.29 is 27.5 Å². The third-order valence-corrected chi connectivity index (χ3v) is 3.70. The molecule has 0 aliphatic rings. The molecule has 27 heavy (non-hydrogen) atoms. The number of esters is 1. The van der Waals surface area contributed by atoms with Crippen LogP contribution in [0.3, 0.4) is 0 Å². The first kappa shape index (κ1) is 20.5. The number of hydrogen-bond acceptors (Lipinski definition) is 3. The molecule has 0 radical (unpaired) electrons. The van der Waals surface area contributed by atoms with E-state index < -0.39 is 28.6 Å². The fraction of sp³-hybridized carbons (Fsp3) is 0.158. The van der Waals surface area contributed by atoms with E-state index in [9.17, 15) is 22.8 Å². The lowest BCUT2D eigenvalue weighted by Crippen LogP contribution is -2.29. The van der Waals surface area contributed by atoms with Gasteiger partial charge in [0.15, 0.2) is 0 Å². The number of ether oxygens (including phenoxy) is 1. The Labute approximate surface area is 158 Å². The van der Waals surface area contributed by atoms with Gasteiger partial charge in [0.1, 0.15) is 13.2 Å². The normalized spacial score (nSPS) is 11.4. The van der Waals surface area contributed by atoms with Crippen molar-refractivity contribution in [1.29, 1.82) is 0 Å². The van der Waals surface area contributed by atoms with Crippen molar-refractivity contribution in [3.05, 3.63) is 76.3 Å². The molecule has 4 nitrogen and oxygen atoms in total. The van der Waals surface area contributed by atoms with E-state index in [4.69, 9.17) is 16.3 Å². The Morgan fingerprint density at radius 2 is 1.81 bits per heavy atom. The molecule has 0 aliphatic carbocycles. The van der Waals surface area contributed by atoms with Crippen LogP contribution in [0.25, 0.3) is 6.08 Å². The molecule has 0 atom stereocenters. The van der Waals surface area contributed by atoms with Gasteiger partial charge in [-0.15, -0.1) is 0 Å². The number of amides is 1. The van der Waals surface area contributed by atoms with Crippen LogP contribution in [0.1, 0.15) is 16.7 Å². The van der Waals surface area contributed by atoms with Gasteiger partial charge in [-0.3, -0.25) is 9.59 Å². The summed E-state index contributed by atoms with van der Waals surface area (Å²) in [5.74, 6) is -1.28. The second-order valence-corrected chi connectivity index (χ2v) is 5.84. The molecule has 1 N–H and O–H groups in total. The molecule has 8 heteroatoms. The summed E-state index contributed by atoms with van der Waals surface area (Å²) in [6.45, 7) is -0.277. The van der Waals surface area contributed by atoms with Crippen LogP contribution in [0.4, 0.5) is 13.2 Å². The quantitative estimate of drug-likeness (QED) is 0.586. The number of rotatable bonds is 6. The summed E-state index contributed by atoms with van der Waals surface area (Å²) < 4.78 is 43.4. The average molecular weight is 398 g/mol. The molecule has 0 aliphatic heterocycles. The Morgan fingerprint density at radius 1 is 1.11 bits per heavy atom. The Bertz CT molecular complexity index is 836. The first-order valence-corrected chi connectivity index (χ1v) is 8.16. The summed E-state index contributed by atoms with van der Waals surface area (Å²) in [6, 6.07) is 12.3. The van der Waals surface area contributed by atoms with Gasteiger partial charge in [0.25, 0.3) is 0 Å². The van der Waals surface area contributed by atoms with Gasteiger partial charge in [-0.05, 0) is 29.3 Å². The minimum Gasteiger partial charge on any atom is -0.460 e. The second kappa shape index (κ2) is 9.23. The molecule has 0 spiro atoms. The summed E-state index contributed by atoms with van der Waals surface area (Å²) in [5, 5.41) is 1.87. The van der Waals surface area contributed by atoms with E-state index in [1.807, 2.05) is 6.07 Å². The summed E-state index contributed by atoms with van der Waals surface area (Å²) in [7, 11) is 0. The Morgan fingerprint density at radius 3 is 2.48 bits per heavy atom. The second-order valence-electron chi connectivity index (χ2n) is 5.43. The first-order chi connectivity index (χ1) is 12.8. The van der Waals surface area contributed by atoms with E-state index >= 15 is 0 Å². The van der Waals surface area contributed by atoms with E-state index in [0.717, 1.165) is 23.8 Å². The molecule has 0 aromatic heterocycles. The van der Waals surface area contributed by atoms with Crippen LogP contribution < -0.4 is 5.32 Å². The van der Waals surface area contributed by atoms with E-state index in [-0.39, 0.29) is 18.7 Å². The van der Waals surface area contributed by atoms with Gasteiger partial charge in [0.2, 0.25) is 5.91 Å². The monoisotopic (exact) mass is 397 g/mol. The largest absolute Gasteiger partial charge is 0.460 e. The SMILES string of the molecule is O=C(/C=C/c1ccc(Cl)c(C(F)(F)F)c1)NCC(=O)OCc1ccccc1. The van der Waals surface area contributed by atoms with Gasteiger partial charge in [0, 0.05) is 6.08 Å². The van der Waals surface area contributed by atoms with Gasteiger partial charge in [-0.25, -0.2) is 0 Å². The third kappa shape index (κ3) is 6.79. The summed E-state index contributed by atoms with van der Waals surface area (Å²) in [5.41, 5.74) is -0.0370. The minimum atomic E-state index is -4.59. The van der Waals surface area contributed by atoms with Crippen LogP contribution >= 0.6 is 11.6 Å². The number of alkyl halides is 3. The molecule has 0 heterocycles. The lowest BCUT2D eigenvalue weighted by Gasteiger charge is -2.09. The van der Waals surface area contributed by atoms with Gasteiger partial charge >= 0.3 is 12.1 Å². The van der Waals surface area contributed by atoms with Crippen molar-refractivity contribution >= 4 is 29.6 Å². The zero-order valence-electron chi connectivity index (χ0n) is 13.9. The highest BCUT2D eigenvalue weighted by atomic mass is 35.5. The highest BCUT2D eigenvalue weighted by molar-refractivity contribution is 6.31. The minimum absolute atomic E-state index is 0.0797. The lowest BCUT2D eigenvalue weighted by atomic mass is 10.1. The molecule has 0 bridgehead atoms. The smallest absolute Gasteiger partial charge is 0.417 e. The first-order valence-electron chi connectivity index (χ1n) is 7.78. The van der Waals surface area contributed by atoms with E-state index in [0.29, 0.717) is 0 Å². The molecule has 142 valence electrons. The summed E-state index contributed by atoms with van der Waals surface area (Å²) in [4.78, 5) is 23.3. The summed E-state index contributed by atoms with van der Waals surface area (Å²) in [6.07, 6.45) is -2.38. The number of carbonyl (C=O) groups excluding carboxylic acids is 2. The Kier molecular flexibility index (Phi) is 7.01. The maximum absolute atomic E-state index is 12.8. The fourth-order valence-electron chi connectivity index (χ4n) is 2.04. The van der Waals surface area contributed by atoms with Crippen molar-refractivity contribution in [1.82, 2.24) is 5.32 Å². The van der Waals surface area contributed by atoms with Gasteiger partial charge in [-0.2, -0.15) is 13.2 Å². The zero-order valence-corrected chi connectivity index (χ0v) is 14.7. The summed E-state index contributed by atoms with van der Waals surface area (Å²) >= 11 is 5.53. The van der Waals surface area contributed by atoms with Crippen molar-refractivity contribution in [3.63, 3.8) is 0 Å². The van der Waals surface area contributed by atoms with Crippen molar-refractivity contribution in [3.8, 4) is 0 Å². The molecule has 1 amide bonds. The van der Waals surface area contributed by atoms with Gasteiger partial charge in [0.05, 0.1) is 10.6 Å². The Hall–Kier alpha value is -2.80. The topological polar surface area (TPSA) is 55.4 Å². The van der Waals surface area contributed by atoms with Crippen molar-refractivity contribution in [2.75, 3.05) is 6.54 Å². The van der Waals surface area contributed by atoms with Crippen LogP contribution in [-0.4, -0.2) is 18.4 Å². The molecule has 0 saturated carbocycles. The molecule has 2 aromatic carbocycles. The van der Waals surface area contributed by atoms with Crippen LogP contribution in [0.15, 0.2) is 54.6 Å².